The normalized spacial score (nSPS) is 23.5. The predicted octanol–water partition coefficient (Wildman–Crippen LogP) is 3.76. The van der Waals surface area contributed by atoms with E-state index in [0.29, 0.717) is 5.56 Å². The quantitative estimate of drug-likeness (QED) is 0.483. The van der Waals surface area contributed by atoms with Crippen molar-refractivity contribution in [1.82, 2.24) is 0 Å². The molecule has 1 aromatic carbocycles. The molecule has 5 heteroatoms. The van der Waals surface area contributed by atoms with Gasteiger partial charge in [-0.3, -0.25) is 14.9 Å². The number of benzene rings is 1. The minimum absolute atomic E-state index is 0.0179. The van der Waals surface area contributed by atoms with Gasteiger partial charge < -0.3 is 4.74 Å². The number of hydrogen-bond donors (Lipinski definition) is 0. The fourth-order valence-corrected chi connectivity index (χ4v) is 2.60. The Balaban J connectivity index is 2.26. The lowest BCUT2D eigenvalue weighted by atomic mass is 9.74. The molecule has 1 aromatic rings. The Kier molecular flexibility index (Phi) is 3.89. The minimum Gasteiger partial charge on any atom is -0.364 e. The third kappa shape index (κ3) is 3.29. The van der Waals surface area contributed by atoms with Crippen LogP contribution in [0.25, 0.3) is 0 Å². The van der Waals surface area contributed by atoms with Gasteiger partial charge in [0.1, 0.15) is 6.10 Å². The molecule has 0 aliphatic carbocycles. The number of nitro groups is 1. The van der Waals surface area contributed by atoms with Crippen LogP contribution in [0.15, 0.2) is 24.3 Å². The molecule has 1 aliphatic rings. The van der Waals surface area contributed by atoms with E-state index in [0.717, 1.165) is 12.8 Å². The number of rotatable bonds is 3. The Labute approximate surface area is 124 Å². The zero-order valence-corrected chi connectivity index (χ0v) is 12.9. The zero-order chi connectivity index (χ0) is 15.8. The van der Waals surface area contributed by atoms with Crippen LogP contribution in [0.5, 0.6) is 0 Å². The summed E-state index contributed by atoms with van der Waals surface area (Å²) in [6.45, 7) is 8.02. The van der Waals surface area contributed by atoms with Crippen molar-refractivity contribution in [2.75, 3.05) is 0 Å². The Morgan fingerprint density at radius 2 is 1.76 bits per heavy atom. The molecule has 0 radical (unpaired) electrons. The maximum Gasteiger partial charge on any atom is 0.269 e. The number of Topliss-reactive ketones (excluding diaryl/α,β-unsaturated/α-hetero) is 1. The first-order valence-electron chi connectivity index (χ1n) is 7.09. The second-order valence-corrected chi connectivity index (χ2v) is 6.91. The molecule has 2 rings (SSSR count). The second-order valence-electron chi connectivity index (χ2n) is 6.91. The Morgan fingerprint density at radius 1 is 1.19 bits per heavy atom. The summed E-state index contributed by atoms with van der Waals surface area (Å²) >= 11 is 0. The third-order valence-electron chi connectivity index (χ3n) is 4.12. The van der Waals surface area contributed by atoms with E-state index < -0.39 is 11.0 Å². The summed E-state index contributed by atoms with van der Waals surface area (Å²) in [4.78, 5) is 22.9. The number of non-ortho nitro benzene ring substituents is 1. The van der Waals surface area contributed by atoms with E-state index >= 15 is 0 Å². The average molecular weight is 291 g/mol. The fourth-order valence-electron chi connectivity index (χ4n) is 2.60. The van der Waals surface area contributed by atoms with Crippen molar-refractivity contribution in [1.29, 1.82) is 0 Å². The number of carbonyl (C=O) groups excluding carboxylic acids is 1. The number of hydrogen-bond acceptors (Lipinski definition) is 4. The van der Waals surface area contributed by atoms with Gasteiger partial charge in [0.05, 0.1) is 10.5 Å². The molecule has 1 heterocycles. The maximum atomic E-state index is 12.7. The smallest absolute Gasteiger partial charge is 0.269 e. The fraction of sp³-hybridized carbons (Fsp3) is 0.562. The van der Waals surface area contributed by atoms with Crippen LogP contribution < -0.4 is 0 Å². The van der Waals surface area contributed by atoms with Crippen molar-refractivity contribution in [3.63, 3.8) is 0 Å². The largest absolute Gasteiger partial charge is 0.364 e. The van der Waals surface area contributed by atoms with Crippen molar-refractivity contribution in [2.24, 2.45) is 5.41 Å². The van der Waals surface area contributed by atoms with Gasteiger partial charge in [-0.05, 0) is 44.2 Å². The molecule has 0 saturated carbocycles. The molecule has 0 spiro atoms. The first-order valence-corrected chi connectivity index (χ1v) is 7.09. The molecule has 1 saturated heterocycles. The summed E-state index contributed by atoms with van der Waals surface area (Å²) in [5.41, 5.74) is -0.127. The van der Waals surface area contributed by atoms with Crippen molar-refractivity contribution < 1.29 is 14.5 Å². The molecule has 1 aliphatic heterocycles. The SMILES string of the molecule is CC1(C)CCC(C)(C)C(C(=O)c2ccc([N+](=O)[O-])cc2)O1. The van der Waals surface area contributed by atoms with Crippen LogP contribution in [0.4, 0.5) is 5.69 Å². The third-order valence-corrected chi connectivity index (χ3v) is 4.12. The minimum atomic E-state index is -0.525. The average Bonchev–Trinajstić information content (AvgIpc) is 2.41. The molecule has 1 fully saturated rings. The monoisotopic (exact) mass is 291 g/mol. The van der Waals surface area contributed by atoms with E-state index in [2.05, 4.69) is 0 Å². The van der Waals surface area contributed by atoms with E-state index in [1.165, 1.54) is 24.3 Å². The summed E-state index contributed by atoms with van der Waals surface area (Å²) in [7, 11) is 0. The van der Waals surface area contributed by atoms with E-state index in [1.807, 2.05) is 27.7 Å². The van der Waals surface area contributed by atoms with Crippen molar-refractivity contribution in [3.05, 3.63) is 39.9 Å². The highest BCUT2D eigenvalue weighted by Crippen LogP contribution is 2.41. The van der Waals surface area contributed by atoms with Crippen LogP contribution in [0.1, 0.15) is 50.9 Å². The lowest BCUT2D eigenvalue weighted by Gasteiger charge is -2.45. The Morgan fingerprint density at radius 3 is 2.29 bits per heavy atom. The number of ether oxygens (including phenoxy) is 1. The van der Waals surface area contributed by atoms with Crippen LogP contribution >= 0.6 is 0 Å². The second kappa shape index (κ2) is 5.22. The van der Waals surface area contributed by atoms with Gasteiger partial charge in [-0.2, -0.15) is 0 Å². The molecule has 1 unspecified atom stereocenters. The van der Waals surface area contributed by atoms with E-state index in [-0.39, 0.29) is 22.5 Å². The van der Waals surface area contributed by atoms with Gasteiger partial charge in [-0.15, -0.1) is 0 Å². The van der Waals surface area contributed by atoms with Gasteiger partial charge in [0.2, 0.25) is 0 Å². The molecule has 0 amide bonds. The summed E-state index contributed by atoms with van der Waals surface area (Å²) in [5.74, 6) is -0.109. The molecule has 21 heavy (non-hydrogen) atoms. The number of nitrogens with zero attached hydrogens (tertiary/aromatic N) is 1. The summed E-state index contributed by atoms with van der Waals surface area (Å²) in [5, 5.41) is 10.7. The highest BCUT2D eigenvalue weighted by atomic mass is 16.6. The van der Waals surface area contributed by atoms with Gasteiger partial charge >= 0.3 is 0 Å². The Hall–Kier alpha value is -1.75. The highest BCUT2D eigenvalue weighted by molar-refractivity contribution is 6.00. The lowest BCUT2D eigenvalue weighted by Crippen LogP contribution is -2.49. The molecule has 0 aromatic heterocycles. The van der Waals surface area contributed by atoms with Crippen LogP contribution in [0.2, 0.25) is 0 Å². The van der Waals surface area contributed by atoms with Gasteiger partial charge in [0.15, 0.2) is 5.78 Å². The first kappa shape index (κ1) is 15.6. The molecule has 0 bridgehead atoms. The van der Waals surface area contributed by atoms with E-state index in [9.17, 15) is 14.9 Å². The molecule has 114 valence electrons. The number of ketones is 1. The number of carbonyl (C=O) groups is 1. The highest BCUT2D eigenvalue weighted by Gasteiger charge is 2.44. The molecular weight excluding hydrogens is 270 g/mol. The van der Waals surface area contributed by atoms with Crippen LogP contribution in [-0.2, 0) is 4.74 Å². The van der Waals surface area contributed by atoms with Crippen LogP contribution in [-0.4, -0.2) is 22.4 Å². The topological polar surface area (TPSA) is 69.4 Å². The predicted molar refractivity (Wildman–Crippen MR) is 79.4 cm³/mol. The molecule has 0 N–H and O–H groups in total. The Bertz CT molecular complexity index is 560. The standard InChI is InChI=1S/C16H21NO4/c1-15(2)9-10-16(3,4)21-14(15)13(18)11-5-7-12(8-6-11)17(19)20/h5-8,14H,9-10H2,1-4H3. The molecule has 1 atom stereocenters. The molecule has 5 nitrogen and oxygen atoms in total. The van der Waals surface area contributed by atoms with E-state index in [1.54, 1.807) is 0 Å². The maximum absolute atomic E-state index is 12.7. The van der Waals surface area contributed by atoms with Crippen LogP contribution in [0.3, 0.4) is 0 Å². The van der Waals surface area contributed by atoms with Gasteiger partial charge in [0.25, 0.3) is 5.69 Å². The van der Waals surface area contributed by atoms with Crippen molar-refractivity contribution in [3.8, 4) is 0 Å². The molecular formula is C16H21NO4. The first-order chi connectivity index (χ1) is 9.62. The van der Waals surface area contributed by atoms with Gasteiger partial charge in [-0.25, -0.2) is 0 Å². The zero-order valence-electron chi connectivity index (χ0n) is 12.9. The van der Waals surface area contributed by atoms with Crippen molar-refractivity contribution in [2.45, 2.75) is 52.2 Å². The summed E-state index contributed by atoms with van der Waals surface area (Å²) < 4.78 is 6.00. The van der Waals surface area contributed by atoms with E-state index in [4.69, 9.17) is 4.74 Å². The van der Waals surface area contributed by atoms with Crippen LogP contribution in [0, 0.1) is 15.5 Å². The number of nitro benzene ring substituents is 1. The van der Waals surface area contributed by atoms with Gasteiger partial charge in [-0.1, -0.05) is 13.8 Å². The summed E-state index contributed by atoms with van der Waals surface area (Å²) in [6.07, 6.45) is 1.29. The van der Waals surface area contributed by atoms with Gasteiger partial charge in [0, 0.05) is 17.7 Å². The summed E-state index contributed by atoms with van der Waals surface area (Å²) in [6, 6.07) is 5.71. The lowest BCUT2D eigenvalue weighted by molar-refractivity contribution is -0.384. The van der Waals surface area contributed by atoms with Crippen molar-refractivity contribution >= 4 is 11.5 Å².